The number of aromatic amines is 1. The maximum Gasteiger partial charge on any atom is 0.272 e. The van der Waals surface area contributed by atoms with Crippen LogP contribution in [0.4, 0.5) is 0 Å². The van der Waals surface area contributed by atoms with Gasteiger partial charge in [-0.25, -0.2) is 4.98 Å². The van der Waals surface area contributed by atoms with E-state index in [-0.39, 0.29) is 5.69 Å². The summed E-state index contributed by atoms with van der Waals surface area (Å²) in [6.07, 6.45) is 1.56. The normalized spacial score (nSPS) is 11.0. The summed E-state index contributed by atoms with van der Waals surface area (Å²) in [4.78, 5) is 18.0. The molecule has 0 aliphatic carbocycles. The van der Waals surface area contributed by atoms with Gasteiger partial charge in [0.05, 0.1) is 17.7 Å². The van der Waals surface area contributed by atoms with Gasteiger partial charge in [-0.05, 0) is 19.1 Å². The van der Waals surface area contributed by atoms with E-state index >= 15 is 0 Å². The van der Waals surface area contributed by atoms with Gasteiger partial charge < -0.3 is 19.8 Å². The van der Waals surface area contributed by atoms with Crippen molar-refractivity contribution in [3.05, 3.63) is 46.4 Å². The van der Waals surface area contributed by atoms with Crippen molar-refractivity contribution in [2.75, 3.05) is 0 Å². The average Bonchev–Trinajstić information content (AvgIpc) is 2.64. The quantitative estimate of drug-likeness (QED) is 0.615. The first-order valence-corrected chi connectivity index (χ1v) is 4.68. The number of aliphatic hydroxyl groups is 2. The van der Waals surface area contributed by atoms with Crippen molar-refractivity contribution in [3.8, 4) is 5.69 Å². The molecule has 2 heterocycles. The Kier molecular flexibility index (Phi) is 2.59. The first-order chi connectivity index (χ1) is 7.58. The van der Waals surface area contributed by atoms with Crippen molar-refractivity contribution >= 4 is 0 Å². The van der Waals surface area contributed by atoms with Crippen molar-refractivity contribution in [1.29, 1.82) is 0 Å². The molecule has 0 bridgehead atoms. The highest BCUT2D eigenvalue weighted by molar-refractivity contribution is 5.30. The molecular formula is C10H11N3O3. The fourth-order valence-corrected chi connectivity index (χ4v) is 1.39. The maximum atomic E-state index is 11.6. The fourth-order valence-electron chi connectivity index (χ4n) is 1.39. The Bertz CT molecular complexity index is 556. The molecule has 2 aromatic rings. The largest absolute Gasteiger partial charge is 0.363 e. The van der Waals surface area contributed by atoms with Gasteiger partial charge in [-0.2, -0.15) is 0 Å². The zero-order valence-corrected chi connectivity index (χ0v) is 8.58. The Morgan fingerprint density at radius 1 is 1.44 bits per heavy atom. The average molecular weight is 221 g/mol. The number of nitrogens with one attached hydrogen (secondary N) is 1. The van der Waals surface area contributed by atoms with E-state index in [1.807, 2.05) is 6.92 Å². The van der Waals surface area contributed by atoms with Gasteiger partial charge in [0, 0.05) is 6.20 Å². The summed E-state index contributed by atoms with van der Waals surface area (Å²) in [5.74, 6) is 0. The monoisotopic (exact) mass is 221 g/mol. The summed E-state index contributed by atoms with van der Waals surface area (Å²) in [5, 5.41) is 17.8. The Balaban J connectivity index is 2.48. The van der Waals surface area contributed by atoms with Gasteiger partial charge >= 0.3 is 0 Å². The Morgan fingerprint density at radius 3 is 2.69 bits per heavy atom. The van der Waals surface area contributed by atoms with Crippen LogP contribution < -0.4 is 5.56 Å². The molecule has 0 saturated carbocycles. The second kappa shape index (κ2) is 3.92. The molecule has 16 heavy (non-hydrogen) atoms. The number of imidazole rings is 1. The van der Waals surface area contributed by atoms with Gasteiger partial charge in [-0.3, -0.25) is 4.79 Å². The number of H-pyrrole nitrogens is 1. The smallest absolute Gasteiger partial charge is 0.272 e. The topological polar surface area (TPSA) is 91.1 Å². The SMILES string of the molecule is Cc1cn(-c2ccc(C(O)O)[nH]c2=O)cn1. The lowest BCUT2D eigenvalue weighted by molar-refractivity contribution is -0.0459. The number of aliphatic hydroxyl groups excluding tert-OH is 1. The van der Waals surface area contributed by atoms with Crippen LogP contribution in [0.3, 0.4) is 0 Å². The van der Waals surface area contributed by atoms with Crippen molar-refractivity contribution in [2.45, 2.75) is 13.2 Å². The van der Waals surface area contributed by atoms with Crippen LogP contribution in [0, 0.1) is 6.92 Å². The molecular weight excluding hydrogens is 210 g/mol. The molecule has 0 aliphatic rings. The van der Waals surface area contributed by atoms with Gasteiger partial charge in [0.15, 0.2) is 6.29 Å². The van der Waals surface area contributed by atoms with Crippen molar-refractivity contribution in [3.63, 3.8) is 0 Å². The zero-order chi connectivity index (χ0) is 11.7. The molecule has 0 amide bonds. The molecule has 0 fully saturated rings. The summed E-state index contributed by atoms with van der Waals surface area (Å²) in [6, 6.07) is 2.95. The predicted octanol–water partition coefficient (Wildman–Crippen LogP) is -0.148. The van der Waals surface area contributed by atoms with E-state index in [0.29, 0.717) is 5.69 Å². The summed E-state index contributed by atoms with van der Waals surface area (Å²) in [5.41, 5.74) is 0.837. The van der Waals surface area contributed by atoms with E-state index in [0.717, 1.165) is 5.69 Å². The second-order valence-electron chi connectivity index (χ2n) is 3.42. The third-order valence-corrected chi connectivity index (χ3v) is 2.18. The minimum Gasteiger partial charge on any atom is -0.363 e. The van der Waals surface area contributed by atoms with Crippen LogP contribution in [0.5, 0.6) is 0 Å². The van der Waals surface area contributed by atoms with E-state index in [9.17, 15) is 4.79 Å². The van der Waals surface area contributed by atoms with E-state index < -0.39 is 11.8 Å². The summed E-state index contributed by atoms with van der Waals surface area (Å²) in [7, 11) is 0. The molecule has 2 aromatic heterocycles. The predicted molar refractivity (Wildman–Crippen MR) is 56.1 cm³/mol. The highest BCUT2D eigenvalue weighted by atomic mass is 16.5. The van der Waals surface area contributed by atoms with E-state index in [1.54, 1.807) is 10.8 Å². The molecule has 84 valence electrons. The van der Waals surface area contributed by atoms with Crippen molar-refractivity contribution < 1.29 is 10.2 Å². The second-order valence-corrected chi connectivity index (χ2v) is 3.42. The molecule has 0 unspecified atom stereocenters. The van der Waals surface area contributed by atoms with Crippen molar-refractivity contribution in [1.82, 2.24) is 14.5 Å². The minimum atomic E-state index is -1.67. The number of pyridine rings is 1. The number of hydrogen-bond donors (Lipinski definition) is 3. The molecule has 0 aliphatic heterocycles. The molecule has 3 N–H and O–H groups in total. The summed E-state index contributed by atoms with van der Waals surface area (Å²) in [6.45, 7) is 1.82. The summed E-state index contributed by atoms with van der Waals surface area (Å²) < 4.78 is 1.57. The minimum absolute atomic E-state index is 0.0607. The Morgan fingerprint density at radius 2 is 2.19 bits per heavy atom. The lowest BCUT2D eigenvalue weighted by Crippen LogP contribution is -2.16. The first-order valence-electron chi connectivity index (χ1n) is 4.68. The molecule has 0 aromatic carbocycles. The van der Waals surface area contributed by atoms with Crippen LogP contribution >= 0.6 is 0 Å². The van der Waals surface area contributed by atoms with Crippen LogP contribution in [0.15, 0.2) is 29.5 Å². The van der Waals surface area contributed by atoms with Crippen LogP contribution in [0.2, 0.25) is 0 Å². The van der Waals surface area contributed by atoms with Crippen LogP contribution in [0.1, 0.15) is 17.7 Å². The van der Waals surface area contributed by atoms with Gasteiger partial charge in [-0.1, -0.05) is 0 Å². The molecule has 0 spiro atoms. The van der Waals surface area contributed by atoms with Crippen LogP contribution in [0.25, 0.3) is 5.69 Å². The van der Waals surface area contributed by atoms with Gasteiger partial charge in [-0.15, -0.1) is 0 Å². The van der Waals surface area contributed by atoms with Crippen LogP contribution in [-0.4, -0.2) is 24.7 Å². The number of rotatable bonds is 2. The fraction of sp³-hybridized carbons (Fsp3) is 0.200. The Hall–Kier alpha value is -1.92. The standard InChI is InChI=1S/C10H11N3O3/c1-6-4-13(5-11-6)8-3-2-7(10(15)16)12-9(8)14/h2-5,10,15-16H,1H3,(H,12,14). The molecule has 6 nitrogen and oxygen atoms in total. The lowest BCUT2D eigenvalue weighted by Gasteiger charge is -2.05. The highest BCUT2D eigenvalue weighted by Crippen LogP contribution is 2.07. The molecule has 0 radical (unpaired) electrons. The van der Waals surface area contributed by atoms with Gasteiger partial charge in [0.2, 0.25) is 0 Å². The highest BCUT2D eigenvalue weighted by Gasteiger charge is 2.07. The lowest BCUT2D eigenvalue weighted by atomic mass is 10.3. The first kappa shape index (κ1) is 10.6. The number of aromatic nitrogens is 3. The summed E-state index contributed by atoms with van der Waals surface area (Å²) >= 11 is 0. The van der Waals surface area contributed by atoms with E-state index in [2.05, 4.69) is 9.97 Å². The molecule has 0 saturated heterocycles. The maximum absolute atomic E-state index is 11.6. The third kappa shape index (κ3) is 1.88. The molecule has 0 atom stereocenters. The third-order valence-electron chi connectivity index (χ3n) is 2.18. The van der Waals surface area contributed by atoms with Crippen molar-refractivity contribution in [2.24, 2.45) is 0 Å². The number of nitrogens with zero attached hydrogens (tertiary/aromatic N) is 2. The molecule has 6 heteroatoms. The number of hydrogen-bond acceptors (Lipinski definition) is 4. The van der Waals surface area contributed by atoms with Gasteiger partial charge in [0.1, 0.15) is 5.69 Å². The molecule has 2 rings (SSSR count). The van der Waals surface area contributed by atoms with E-state index in [4.69, 9.17) is 10.2 Å². The number of aryl methyl sites for hydroxylation is 1. The zero-order valence-electron chi connectivity index (χ0n) is 8.58. The van der Waals surface area contributed by atoms with Crippen LogP contribution in [-0.2, 0) is 0 Å². The Labute approximate surface area is 90.8 Å². The van der Waals surface area contributed by atoms with E-state index in [1.165, 1.54) is 18.5 Å². The van der Waals surface area contributed by atoms with Gasteiger partial charge in [0.25, 0.3) is 5.56 Å².